The molecule has 0 aliphatic rings. The summed E-state index contributed by atoms with van der Waals surface area (Å²) in [6, 6.07) is 0. The monoisotopic (exact) mass is 235 g/mol. The van der Waals surface area contributed by atoms with E-state index < -0.39 is 0 Å². The van der Waals surface area contributed by atoms with Crippen molar-refractivity contribution in [1.29, 1.82) is 0 Å². The summed E-state index contributed by atoms with van der Waals surface area (Å²) in [6.07, 6.45) is 1.68. The molecule has 0 fully saturated rings. The van der Waals surface area contributed by atoms with Crippen LogP contribution >= 0.6 is 11.6 Å². The van der Waals surface area contributed by atoms with E-state index in [1.807, 2.05) is 20.8 Å². The molecule has 0 radical (unpaired) electrons. The van der Waals surface area contributed by atoms with Crippen LogP contribution in [0.15, 0.2) is 0 Å². The zero-order chi connectivity index (χ0) is 11.7. The van der Waals surface area contributed by atoms with E-state index in [-0.39, 0.29) is 11.3 Å². The summed E-state index contributed by atoms with van der Waals surface area (Å²) in [4.78, 5) is 11.6. The van der Waals surface area contributed by atoms with Crippen molar-refractivity contribution in [2.45, 2.75) is 33.6 Å². The van der Waals surface area contributed by atoms with Gasteiger partial charge in [-0.3, -0.25) is 4.79 Å². The number of amides is 1. The summed E-state index contributed by atoms with van der Waals surface area (Å²) in [6.45, 7) is 7.82. The first-order valence-electron chi connectivity index (χ1n) is 5.46. The summed E-state index contributed by atoms with van der Waals surface area (Å²) >= 11 is 5.45. The smallest absolute Gasteiger partial charge is 0.225 e. The van der Waals surface area contributed by atoms with E-state index in [0.717, 1.165) is 12.8 Å². The predicted octanol–water partition coefficient (Wildman–Crippen LogP) is 2.18. The highest BCUT2D eigenvalue weighted by molar-refractivity contribution is 6.17. The van der Waals surface area contributed by atoms with Gasteiger partial charge in [0, 0.05) is 24.4 Å². The van der Waals surface area contributed by atoms with E-state index in [1.165, 1.54) is 0 Å². The second-order valence-corrected chi connectivity index (χ2v) is 4.53. The van der Waals surface area contributed by atoms with Crippen LogP contribution in [0.2, 0.25) is 0 Å². The van der Waals surface area contributed by atoms with Crippen molar-refractivity contribution in [3.8, 4) is 0 Å². The fourth-order valence-electron chi connectivity index (χ4n) is 0.933. The topological polar surface area (TPSA) is 38.3 Å². The maximum absolute atomic E-state index is 11.6. The minimum atomic E-state index is -0.267. The summed E-state index contributed by atoms with van der Waals surface area (Å²) in [5.74, 6) is 0.636. The zero-order valence-corrected chi connectivity index (χ0v) is 10.7. The summed E-state index contributed by atoms with van der Waals surface area (Å²) < 4.78 is 5.19. The number of alkyl halides is 1. The Hall–Kier alpha value is -0.280. The summed E-state index contributed by atoms with van der Waals surface area (Å²) in [5, 5.41) is 2.90. The van der Waals surface area contributed by atoms with Crippen molar-refractivity contribution in [1.82, 2.24) is 5.32 Å². The van der Waals surface area contributed by atoms with E-state index in [0.29, 0.717) is 25.6 Å². The maximum Gasteiger partial charge on any atom is 0.225 e. The first kappa shape index (κ1) is 14.7. The maximum atomic E-state index is 11.6. The van der Waals surface area contributed by atoms with Gasteiger partial charge in [0.2, 0.25) is 5.91 Å². The van der Waals surface area contributed by atoms with E-state index in [4.69, 9.17) is 16.3 Å². The van der Waals surface area contributed by atoms with Crippen LogP contribution in [0, 0.1) is 5.41 Å². The molecule has 0 rings (SSSR count). The first-order valence-corrected chi connectivity index (χ1v) is 6.00. The third-order valence-electron chi connectivity index (χ3n) is 2.47. The highest BCUT2D eigenvalue weighted by atomic mass is 35.5. The average molecular weight is 236 g/mol. The Morgan fingerprint density at radius 2 is 2.07 bits per heavy atom. The Morgan fingerprint density at radius 1 is 1.40 bits per heavy atom. The second-order valence-electron chi connectivity index (χ2n) is 4.15. The third kappa shape index (κ3) is 6.74. The molecule has 3 nitrogen and oxygen atoms in total. The molecule has 0 saturated heterocycles. The molecule has 0 atom stereocenters. The molecular weight excluding hydrogens is 214 g/mol. The van der Waals surface area contributed by atoms with Gasteiger partial charge < -0.3 is 10.1 Å². The fraction of sp³-hybridized carbons (Fsp3) is 0.909. The van der Waals surface area contributed by atoms with Crippen LogP contribution in [0.4, 0.5) is 0 Å². The van der Waals surface area contributed by atoms with Crippen LogP contribution in [0.3, 0.4) is 0 Å². The number of halogens is 1. The van der Waals surface area contributed by atoms with Gasteiger partial charge in [0.05, 0.1) is 6.61 Å². The Kier molecular flexibility index (Phi) is 7.79. The molecule has 15 heavy (non-hydrogen) atoms. The molecule has 0 aromatic carbocycles. The molecule has 90 valence electrons. The zero-order valence-electron chi connectivity index (χ0n) is 9.94. The number of carbonyl (C=O) groups excluding carboxylic acids is 1. The van der Waals surface area contributed by atoms with Gasteiger partial charge in [0.1, 0.15) is 0 Å². The van der Waals surface area contributed by atoms with E-state index in [9.17, 15) is 4.79 Å². The van der Waals surface area contributed by atoms with Gasteiger partial charge in [-0.1, -0.05) is 20.8 Å². The first-order chi connectivity index (χ1) is 7.04. The van der Waals surface area contributed by atoms with Crippen LogP contribution in [0.1, 0.15) is 33.6 Å². The van der Waals surface area contributed by atoms with Crippen molar-refractivity contribution < 1.29 is 9.53 Å². The van der Waals surface area contributed by atoms with E-state index in [2.05, 4.69) is 5.32 Å². The highest BCUT2D eigenvalue weighted by Gasteiger charge is 2.24. The molecular formula is C11H22ClNO2. The van der Waals surface area contributed by atoms with E-state index >= 15 is 0 Å². The lowest BCUT2D eigenvalue weighted by Crippen LogP contribution is -2.37. The van der Waals surface area contributed by atoms with Crippen LogP contribution in [-0.2, 0) is 9.53 Å². The molecule has 0 aliphatic carbocycles. The van der Waals surface area contributed by atoms with Crippen LogP contribution in [-0.4, -0.2) is 31.5 Å². The predicted molar refractivity (Wildman–Crippen MR) is 63.2 cm³/mol. The number of rotatable bonds is 8. The molecule has 0 aliphatic heterocycles. The van der Waals surface area contributed by atoms with Crippen LogP contribution in [0.25, 0.3) is 0 Å². The number of nitrogens with one attached hydrogen (secondary N) is 1. The molecule has 0 unspecified atom stereocenters. The Labute approximate surface area is 97.5 Å². The number of carbonyl (C=O) groups is 1. The van der Waals surface area contributed by atoms with Gasteiger partial charge in [-0.25, -0.2) is 0 Å². The van der Waals surface area contributed by atoms with Gasteiger partial charge >= 0.3 is 0 Å². The minimum absolute atomic E-state index is 0.113. The van der Waals surface area contributed by atoms with Gasteiger partial charge in [-0.15, -0.1) is 11.6 Å². The molecule has 1 N–H and O–H groups in total. The summed E-state index contributed by atoms with van der Waals surface area (Å²) in [7, 11) is 0. The van der Waals surface area contributed by atoms with Crippen molar-refractivity contribution in [3.63, 3.8) is 0 Å². The average Bonchev–Trinajstić information content (AvgIpc) is 2.22. The molecule has 0 bridgehead atoms. The van der Waals surface area contributed by atoms with Crippen molar-refractivity contribution in [3.05, 3.63) is 0 Å². The van der Waals surface area contributed by atoms with Crippen molar-refractivity contribution >= 4 is 17.5 Å². The molecule has 0 aromatic rings. The highest BCUT2D eigenvalue weighted by Crippen LogP contribution is 2.19. The van der Waals surface area contributed by atoms with Crippen molar-refractivity contribution in [2.75, 3.05) is 25.6 Å². The molecule has 0 aromatic heterocycles. The van der Waals surface area contributed by atoms with Crippen LogP contribution < -0.4 is 5.32 Å². The molecule has 1 amide bonds. The number of hydrogen-bond acceptors (Lipinski definition) is 2. The van der Waals surface area contributed by atoms with Crippen molar-refractivity contribution in [2.24, 2.45) is 5.41 Å². The quantitative estimate of drug-likeness (QED) is 0.517. The largest absolute Gasteiger partial charge is 0.380 e. The Morgan fingerprint density at radius 3 is 2.60 bits per heavy atom. The van der Waals surface area contributed by atoms with Gasteiger partial charge in [-0.05, 0) is 12.8 Å². The fourth-order valence-corrected chi connectivity index (χ4v) is 1.04. The summed E-state index contributed by atoms with van der Waals surface area (Å²) in [5.41, 5.74) is -0.267. The normalized spacial score (nSPS) is 11.5. The molecule has 0 heterocycles. The van der Waals surface area contributed by atoms with Gasteiger partial charge in [0.25, 0.3) is 0 Å². The molecule has 0 spiro atoms. The van der Waals surface area contributed by atoms with Gasteiger partial charge in [0.15, 0.2) is 0 Å². The molecule has 4 heteroatoms. The van der Waals surface area contributed by atoms with Gasteiger partial charge in [-0.2, -0.15) is 0 Å². The second kappa shape index (κ2) is 7.94. The lowest BCUT2D eigenvalue weighted by atomic mass is 9.89. The lowest BCUT2D eigenvalue weighted by molar-refractivity contribution is -0.129. The number of ether oxygens (including phenoxy) is 1. The Balaban J connectivity index is 3.47. The standard InChI is InChI=1S/C11H22ClNO2/c1-4-11(2,3)10(14)13-7-5-8-15-9-6-12/h4-9H2,1-3H3,(H,13,14). The van der Waals surface area contributed by atoms with Crippen LogP contribution in [0.5, 0.6) is 0 Å². The van der Waals surface area contributed by atoms with E-state index in [1.54, 1.807) is 0 Å². The molecule has 0 saturated carbocycles. The Bertz CT molecular complexity index is 183. The number of hydrogen-bond donors (Lipinski definition) is 1. The lowest BCUT2D eigenvalue weighted by Gasteiger charge is -2.21. The minimum Gasteiger partial charge on any atom is -0.380 e. The SMILES string of the molecule is CCC(C)(C)C(=O)NCCCOCCCl. The third-order valence-corrected chi connectivity index (χ3v) is 2.63.